The Kier molecular flexibility index (Phi) is 5.46. The molecule has 1 aliphatic rings. The lowest BCUT2D eigenvalue weighted by molar-refractivity contribution is -0.117. The van der Waals surface area contributed by atoms with Crippen LogP contribution in [0.3, 0.4) is 0 Å². The Balaban J connectivity index is 1.36. The summed E-state index contributed by atoms with van der Waals surface area (Å²) in [5, 5.41) is 10.7. The van der Waals surface area contributed by atoms with E-state index in [4.69, 9.17) is 4.74 Å². The largest absolute Gasteiger partial charge is 0.497 e. The van der Waals surface area contributed by atoms with Gasteiger partial charge in [0, 0.05) is 40.3 Å². The third-order valence-electron chi connectivity index (χ3n) is 6.54. The Morgan fingerprint density at radius 3 is 2.61 bits per heavy atom. The molecule has 0 radical (unpaired) electrons. The molecule has 1 saturated carbocycles. The number of pyridine rings is 1. The lowest BCUT2D eigenvalue weighted by atomic mass is 9.83. The number of amides is 1. The number of hydrogen-bond donors (Lipinski definition) is 3. The summed E-state index contributed by atoms with van der Waals surface area (Å²) in [6.07, 6.45) is 3.57. The molecular weight excluding hydrogens is 416 g/mol. The minimum atomic E-state index is -0.432. The van der Waals surface area contributed by atoms with Gasteiger partial charge in [0.05, 0.1) is 13.0 Å². The van der Waals surface area contributed by atoms with E-state index in [0.717, 1.165) is 46.6 Å². The number of nitrogens with one attached hydrogen (secondary N) is 3. The van der Waals surface area contributed by atoms with Crippen LogP contribution in [-0.2, 0) is 4.79 Å². The van der Waals surface area contributed by atoms with Gasteiger partial charge in [-0.05, 0) is 67.3 Å². The van der Waals surface area contributed by atoms with Gasteiger partial charge in [0.2, 0.25) is 5.91 Å². The van der Waals surface area contributed by atoms with Crippen molar-refractivity contribution >= 4 is 22.6 Å². The highest BCUT2D eigenvalue weighted by molar-refractivity contribution is 5.95. The molecule has 0 saturated heterocycles. The fourth-order valence-electron chi connectivity index (χ4n) is 4.18. The summed E-state index contributed by atoms with van der Waals surface area (Å²) in [6, 6.07) is 16.6. The average molecular weight is 443 g/mol. The Morgan fingerprint density at radius 2 is 1.91 bits per heavy atom. The molecular formula is C26H26N4O3. The Bertz CT molecular complexity index is 1370. The van der Waals surface area contributed by atoms with E-state index >= 15 is 0 Å². The van der Waals surface area contributed by atoms with Gasteiger partial charge in [0.1, 0.15) is 5.75 Å². The molecule has 2 aromatic carbocycles. The first kappa shape index (κ1) is 21.0. The average Bonchev–Trinajstić information content (AvgIpc) is 3.24. The van der Waals surface area contributed by atoms with E-state index in [1.807, 2.05) is 49.4 Å². The number of carbonyl (C=O) groups is 1. The number of carbonyl (C=O) groups excluding carboxylic acids is 1. The Morgan fingerprint density at radius 1 is 1.12 bits per heavy atom. The van der Waals surface area contributed by atoms with Gasteiger partial charge >= 0.3 is 0 Å². The number of fused-ring (bicyclic) bond motifs is 1. The van der Waals surface area contributed by atoms with Gasteiger partial charge in [-0.2, -0.15) is 5.10 Å². The predicted octanol–water partition coefficient (Wildman–Crippen LogP) is 4.94. The van der Waals surface area contributed by atoms with Crippen molar-refractivity contribution in [2.75, 3.05) is 12.4 Å². The van der Waals surface area contributed by atoms with Crippen molar-refractivity contribution in [1.29, 1.82) is 0 Å². The maximum Gasteiger partial charge on any atom is 0.232 e. The van der Waals surface area contributed by atoms with E-state index < -0.39 is 5.92 Å². The number of H-pyrrole nitrogens is 2. The Hall–Kier alpha value is -3.87. The maximum atomic E-state index is 12.9. The molecule has 2 heterocycles. The molecule has 1 amide bonds. The van der Waals surface area contributed by atoms with Crippen LogP contribution in [0.15, 0.2) is 59.4 Å². The maximum absolute atomic E-state index is 12.9. The van der Waals surface area contributed by atoms with E-state index in [9.17, 15) is 9.59 Å². The molecule has 1 fully saturated rings. The van der Waals surface area contributed by atoms with Crippen molar-refractivity contribution in [2.45, 2.75) is 38.0 Å². The summed E-state index contributed by atoms with van der Waals surface area (Å²) in [4.78, 5) is 29.0. The van der Waals surface area contributed by atoms with Crippen LogP contribution in [0.5, 0.6) is 5.75 Å². The normalized spacial score (nSPS) is 14.6. The fraction of sp³-hybridized carbons (Fsp3) is 0.269. The van der Waals surface area contributed by atoms with Crippen LogP contribution in [0.2, 0.25) is 0 Å². The molecule has 168 valence electrons. The van der Waals surface area contributed by atoms with Crippen molar-refractivity contribution in [1.82, 2.24) is 15.2 Å². The topological polar surface area (TPSA) is 99.9 Å². The quantitative estimate of drug-likeness (QED) is 0.394. The van der Waals surface area contributed by atoms with Gasteiger partial charge in [0.15, 0.2) is 11.2 Å². The number of methoxy groups -OCH3 is 1. The van der Waals surface area contributed by atoms with Crippen molar-refractivity contribution in [3.63, 3.8) is 0 Å². The third-order valence-corrected chi connectivity index (χ3v) is 6.54. The van der Waals surface area contributed by atoms with Crippen LogP contribution in [-0.4, -0.2) is 28.2 Å². The number of ether oxygens (including phenoxy) is 1. The molecule has 1 unspecified atom stereocenters. The molecule has 1 aliphatic carbocycles. The van der Waals surface area contributed by atoms with E-state index in [0.29, 0.717) is 17.1 Å². The van der Waals surface area contributed by atoms with Crippen LogP contribution in [0.1, 0.15) is 49.3 Å². The molecule has 1 atom stereocenters. The monoisotopic (exact) mass is 442 g/mol. The second kappa shape index (κ2) is 8.58. The van der Waals surface area contributed by atoms with Crippen molar-refractivity contribution < 1.29 is 9.53 Å². The molecule has 5 rings (SSSR count). The van der Waals surface area contributed by atoms with Gasteiger partial charge in [-0.3, -0.25) is 14.7 Å². The highest BCUT2D eigenvalue weighted by Gasteiger charge is 2.23. The zero-order chi connectivity index (χ0) is 22.9. The third kappa shape index (κ3) is 4.14. The van der Waals surface area contributed by atoms with Crippen LogP contribution in [0.4, 0.5) is 5.82 Å². The van der Waals surface area contributed by atoms with Crippen LogP contribution in [0, 0.1) is 0 Å². The lowest BCUT2D eigenvalue weighted by Gasteiger charge is -2.23. The van der Waals surface area contributed by atoms with E-state index in [1.165, 1.54) is 6.42 Å². The smallest absolute Gasteiger partial charge is 0.232 e. The number of nitrogens with zero attached hydrogens (tertiary/aromatic N) is 1. The number of hydrogen-bond acceptors (Lipinski definition) is 4. The summed E-state index contributed by atoms with van der Waals surface area (Å²) < 4.78 is 5.20. The molecule has 7 nitrogen and oxygen atoms in total. The second-order valence-electron chi connectivity index (χ2n) is 8.63. The lowest BCUT2D eigenvalue weighted by Crippen LogP contribution is -2.19. The first-order chi connectivity index (χ1) is 16.0. The minimum absolute atomic E-state index is 0.0959. The predicted molar refractivity (Wildman–Crippen MR) is 129 cm³/mol. The number of benzene rings is 2. The van der Waals surface area contributed by atoms with Crippen LogP contribution < -0.4 is 15.5 Å². The molecule has 0 aliphatic heterocycles. The van der Waals surface area contributed by atoms with Crippen LogP contribution >= 0.6 is 0 Å². The molecule has 3 N–H and O–H groups in total. The first-order valence-corrected chi connectivity index (χ1v) is 11.2. The summed E-state index contributed by atoms with van der Waals surface area (Å²) in [5.41, 5.74) is 4.11. The summed E-state index contributed by atoms with van der Waals surface area (Å²) in [7, 11) is 1.62. The Labute approximate surface area is 191 Å². The molecule has 0 bridgehead atoms. The zero-order valence-electron chi connectivity index (χ0n) is 18.6. The zero-order valence-corrected chi connectivity index (χ0v) is 18.6. The fourth-order valence-corrected chi connectivity index (χ4v) is 4.18. The molecule has 7 heteroatoms. The molecule has 33 heavy (non-hydrogen) atoms. The van der Waals surface area contributed by atoms with Gasteiger partial charge in [-0.15, -0.1) is 0 Å². The number of aromatic nitrogens is 3. The molecule has 2 aromatic heterocycles. The van der Waals surface area contributed by atoms with E-state index in [2.05, 4.69) is 20.5 Å². The molecule has 0 spiro atoms. The van der Waals surface area contributed by atoms with Crippen molar-refractivity contribution in [2.24, 2.45) is 0 Å². The van der Waals surface area contributed by atoms with Crippen molar-refractivity contribution in [3.05, 3.63) is 76.1 Å². The highest BCUT2D eigenvalue weighted by Crippen LogP contribution is 2.36. The van der Waals surface area contributed by atoms with E-state index in [-0.39, 0.29) is 11.3 Å². The second-order valence-corrected chi connectivity index (χ2v) is 8.63. The van der Waals surface area contributed by atoms with Gasteiger partial charge in [0.25, 0.3) is 0 Å². The number of rotatable bonds is 6. The minimum Gasteiger partial charge on any atom is -0.497 e. The molecule has 4 aromatic rings. The summed E-state index contributed by atoms with van der Waals surface area (Å²) in [6.45, 7) is 1.83. The summed E-state index contributed by atoms with van der Waals surface area (Å²) >= 11 is 0. The van der Waals surface area contributed by atoms with Gasteiger partial charge in [-0.25, -0.2) is 0 Å². The SMILES string of the molecule is COc1ccc(-c2cc(=O)c3cc(C(C)C(=O)Nc4cc(C5CCC5)[nH]n4)ccc3[nH]2)cc1. The van der Waals surface area contributed by atoms with E-state index in [1.54, 1.807) is 19.2 Å². The standard InChI is InChI=1S/C26H26N4O3/c1-15(26(32)28-25-14-23(29-30-25)16-4-3-5-16)18-8-11-21-20(12-18)24(31)13-22(27-21)17-6-9-19(33-2)10-7-17/h6-16H,3-5H2,1-2H3,(H,27,31)(H2,28,29,30,32). The highest BCUT2D eigenvalue weighted by atomic mass is 16.5. The van der Waals surface area contributed by atoms with Gasteiger partial charge < -0.3 is 15.0 Å². The van der Waals surface area contributed by atoms with Crippen LogP contribution in [0.25, 0.3) is 22.2 Å². The number of aromatic amines is 2. The summed E-state index contributed by atoms with van der Waals surface area (Å²) in [5.74, 6) is 1.23. The first-order valence-electron chi connectivity index (χ1n) is 11.2. The van der Waals surface area contributed by atoms with Gasteiger partial charge in [-0.1, -0.05) is 12.5 Å². The van der Waals surface area contributed by atoms with Crippen molar-refractivity contribution in [3.8, 4) is 17.0 Å². The number of anilines is 1.